The van der Waals surface area contributed by atoms with Gasteiger partial charge in [0.05, 0.1) is 16.8 Å². The van der Waals surface area contributed by atoms with Crippen molar-refractivity contribution in [2.24, 2.45) is 0 Å². The first-order chi connectivity index (χ1) is 14.5. The van der Waals surface area contributed by atoms with Gasteiger partial charge in [-0.1, -0.05) is 23.9 Å². The normalized spacial score (nSPS) is 15.0. The zero-order valence-electron chi connectivity index (χ0n) is 16.7. The summed E-state index contributed by atoms with van der Waals surface area (Å²) in [6.07, 6.45) is 1.03. The van der Waals surface area contributed by atoms with Gasteiger partial charge in [0, 0.05) is 38.5 Å². The molecule has 1 saturated heterocycles. The van der Waals surface area contributed by atoms with Crippen molar-refractivity contribution in [3.63, 3.8) is 0 Å². The summed E-state index contributed by atoms with van der Waals surface area (Å²) in [4.78, 5) is 19.1. The Morgan fingerprint density at radius 3 is 2.70 bits per heavy atom. The second kappa shape index (κ2) is 9.04. The quantitative estimate of drug-likeness (QED) is 0.540. The van der Waals surface area contributed by atoms with Crippen molar-refractivity contribution >= 4 is 28.7 Å². The van der Waals surface area contributed by atoms with E-state index in [0.29, 0.717) is 31.7 Å². The van der Waals surface area contributed by atoms with Gasteiger partial charge in [-0.05, 0) is 31.2 Å². The molecule has 1 aromatic heterocycles. The Bertz CT molecular complexity index is 1050. The Morgan fingerprint density at radius 1 is 1.20 bits per heavy atom. The maximum atomic E-state index is 13.8. The molecule has 0 atom stereocenters. The van der Waals surface area contributed by atoms with Crippen LogP contribution in [0, 0.1) is 11.6 Å². The topological polar surface area (TPSA) is 47.4 Å². The molecule has 2 heterocycles. The molecule has 30 heavy (non-hydrogen) atoms. The largest absolute Gasteiger partial charge is 0.487 e. The van der Waals surface area contributed by atoms with E-state index < -0.39 is 11.6 Å². The van der Waals surface area contributed by atoms with Gasteiger partial charge in [-0.2, -0.15) is 0 Å². The Labute approximate surface area is 178 Å². The number of carbonyl (C=O) groups excluding carboxylic acids is 1. The van der Waals surface area contributed by atoms with Gasteiger partial charge in [-0.25, -0.2) is 13.8 Å². The summed E-state index contributed by atoms with van der Waals surface area (Å²) in [5.41, 5.74) is 2.00. The first kappa shape index (κ1) is 20.7. The predicted octanol–water partition coefficient (Wildman–Crippen LogP) is 4.50. The van der Waals surface area contributed by atoms with Crippen LogP contribution in [-0.4, -0.2) is 45.3 Å². The van der Waals surface area contributed by atoms with Gasteiger partial charge in [0.25, 0.3) is 0 Å². The molecule has 5 nitrogen and oxygen atoms in total. The average molecular weight is 432 g/mol. The number of piperidine rings is 1. The molecular weight excluding hydrogens is 408 g/mol. The van der Waals surface area contributed by atoms with E-state index in [1.165, 1.54) is 23.9 Å². The number of halogens is 2. The molecule has 0 bridgehead atoms. The molecule has 4 rings (SSSR count). The second-order valence-electron chi connectivity index (χ2n) is 7.19. The van der Waals surface area contributed by atoms with Gasteiger partial charge in [0.2, 0.25) is 5.91 Å². The lowest BCUT2D eigenvalue weighted by atomic mass is 10.1. The van der Waals surface area contributed by atoms with Crippen LogP contribution >= 0.6 is 11.8 Å². The Hall–Kier alpha value is -2.61. The highest BCUT2D eigenvalue weighted by Gasteiger charge is 2.25. The summed E-state index contributed by atoms with van der Waals surface area (Å²) in [7, 11) is 0. The number of likely N-dealkylation sites (tertiary alicyclic amines) is 1. The highest BCUT2D eigenvalue weighted by Crippen LogP contribution is 2.26. The third-order valence-corrected chi connectivity index (χ3v) is 6.20. The van der Waals surface area contributed by atoms with Crippen molar-refractivity contribution in [2.75, 3.05) is 18.8 Å². The first-order valence-corrected chi connectivity index (χ1v) is 11.0. The maximum absolute atomic E-state index is 13.8. The molecule has 3 aromatic rings. The van der Waals surface area contributed by atoms with Crippen molar-refractivity contribution in [1.29, 1.82) is 0 Å². The lowest BCUT2D eigenvalue weighted by Crippen LogP contribution is -2.42. The minimum atomic E-state index is -0.705. The summed E-state index contributed by atoms with van der Waals surface area (Å²) in [5, 5.41) is 0.844. The number of ether oxygens (including phenoxy) is 1. The number of imidazole rings is 1. The SMILES string of the molecule is CCn1c(SCC(=O)N2CCC(Oc3ccc(F)cc3F)CC2)nc2ccccc21. The van der Waals surface area contributed by atoms with Crippen LogP contribution in [0.4, 0.5) is 8.78 Å². The minimum Gasteiger partial charge on any atom is -0.487 e. The van der Waals surface area contributed by atoms with Crippen molar-refractivity contribution in [2.45, 2.75) is 37.6 Å². The van der Waals surface area contributed by atoms with E-state index in [0.717, 1.165) is 28.8 Å². The molecule has 1 aliphatic heterocycles. The number of carbonyl (C=O) groups is 1. The van der Waals surface area contributed by atoms with Crippen LogP contribution < -0.4 is 4.74 Å². The van der Waals surface area contributed by atoms with E-state index in [2.05, 4.69) is 16.5 Å². The molecule has 1 fully saturated rings. The number of para-hydroxylation sites is 2. The van der Waals surface area contributed by atoms with Crippen LogP contribution in [0.15, 0.2) is 47.6 Å². The molecule has 0 radical (unpaired) electrons. The fourth-order valence-corrected chi connectivity index (χ4v) is 4.64. The van der Waals surface area contributed by atoms with Crippen molar-refractivity contribution < 1.29 is 18.3 Å². The molecule has 158 valence electrons. The fourth-order valence-electron chi connectivity index (χ4n) is 3.66. The number of rotatable bonds is 6. The summed E-state index contributed by atoms with van der Waals surface area (Å²) in [6.45, 7) is 3.96. The molecule has 0 aliphatic carbocycles. The number of benzene rings is 2. The average Bonchev–Trinajstić information content (AvgIpc) is 3.12. The summed E-state index contributed by atoms with van der Waals surface area (Å²) in [6, 6.07) is 11.2. The van der Waals surface area contributed by atoms with E-state index in [-0.39, 0.29) is 17.8 Å². The lowest BCUT2D eigenvalue weighted by Gasteiger charge is -2.32. The highest BCUT2D eigenvalue weighted by atomic mass is 32.2. The predicted molar refractivity (Wildman–Crippen MR) is 113 cm³/mol. The first-order valence-electron chi connectivity index (χ1n) is 10.0. The van der Waals surface area contributed by atoms with E-state index in [9.17, 15) is 13.6 Å². The maximum Gasteiger partial charge on any atom is 0.233 e. The summed E-state index contributed by atoms with van der Waals surface area (Å²) < 4.78 is 34.6. The Morgan fingerprint density at radius 2 is 1.97 bits per heavy atom. The number of hydrogen-bond donors (Lipinski definition) is 0. The third-order valence-electron chi connectivity index (χ3n) is 5.24. The molecule has 2 aromatic carbocycles. The fraction of sp³-hybridized carbons (Fsp3) is 0.364. The number of aromatic nitrogens is 2. The molecule has 0 saturated carbocycles. The molecule has 0 unspecified atom stereocenters. The zero-order valence-corrected chi connectivity index (χ0v) is 17.5. The van der Waals surface area contributed by atoms with Crippen LogP contribution in [0.2, 0.25) is 0 Å². The monoisotopic (exact) mass is 431 g/mol. The summed E-state index contributed by atoms with van der Waals surface area (Å²) in [5.74, 6) is -0.907. The minimum absolute atomic E-state index is 0.0511. The van der Waals surface area contributed by atoms with Gasteiger partial charge in [0.15, 0.2) is 16.7 Å². The van der Waals surface area contributed by atoms with Crippen molar-refractivity contribution in [3.8, 4) is 5.75 Å². The number of hydrogen-bond acceptors (Lipinski definition) is 4. The lowest BCUT2D eigenvalue weighted by molar-refractivity contribution is -0.130. The van der Waals surface area contributed by atoms with Gasteiger partial charge in [-0.15, -0.1) is 0 Å². The molecule has 1 amide bonds. The Balaban J connectivity index is 1.30. The van der Waals surface area contributed by atoms with Gasteiger partial charge in [-0.3, -0.25) is 4.79 Å². The standard InChI is InChI=1S/C22H23F2N3O2S/c1-2-27-19-6-4-3-5-18(19)25-22(27)30-14-21(28)26-11-9-16(10-12-26)29-20-8-7-15(23)13-17(20)24/h3-8,13,16H,2,9-12,14H2,1H3. The number of amides is 1. The number of aryl methyl sites for hydroxylation is 1. The zero-order chi connectivity index (χ0) is 21.1. The second-order valence-corrected chi connectivity index (χ2v) is 8.13. The van der Waals surface area contributed by atoms with Crippen molar-refractivity contribution in [1.82, 2.24) is 14.5 Å². The van der Waals surface area contributed by atoms with E-state index in [1.807, 2.05) is 29.2 Å². The van der Waals surface area contributed by atoms with Gasteiger partial charge in [0.1, 0.15) is 11.9 Å². The van der Waals surface area contributed by atoms with Crippen LogP contribution in [0.25, 0.3) is 11.0 Å². The van der Waals surface area contributed by atoms with Crippen LogP contribution in [0.3, 0.4) is 0 Å². The number of thioether (sulfide) groups is 1. The summed E-state index contributed by atoms with van der Waals surface area (Å²) >= 11 is 1.45. The van der Waals surface area contributed by atoms with Crippen molar-refractivity contribution in [3.05, 3.63) is 54.1 Å². The molecule has 0 N–H and O–H groups in total. The van der Waals surface area contributed by atoms with Crippen LogP contribution in [0.1, 0.15) is 19.8 Å². The molecule has 0 spiro atoms. The molecule has 1 aliphatic rings. The third kappa shape index (κ3) is 4.43. The van der Waals surface area contributed by atoms with Gasteiger partial charge < -0.3 is 14.2 Å². The number of fused-ring (bicyclic) bond motifs is 1. The highest BCUT2D eigenvalue weighted by molar-refractivity contribution is 7.99. The molecular formula is C22H23F2N3O2S. The van der Waals surface area contributed by atoms with E-state index >= 15 is 0 Å². The number of nitrogens with zero attached hydrogens (tertiary/aromatic N) is 3. The van der Waals surface area contributed by atoms with Gasteiger partial charge >= 0.3 is 0 Å². The van der Waals surface area contributed by atoms with E-state index in [4.69, 9.17) is 4.74 Å². The van der Waals surface area contributed by atoms with E-state index in [1.54, 1.807) is 0 Å². The van der Waals surface area contributed by atoms with Crippen LogP contribution in [-0.2, 0) is 11.3 Å². The van der Waals surface area contributed by atoms with Crippen LogP contribution in [0.5, 0.6) is 5.75 Å². The smallest absolute Gasteiger partial charge is 0.233 e. The molecule has 8 heteroatoms. The Kier molecular flexibility index (Phi) is 6.22.